The summed E-state index contributed by atoms with van der Waals surface area (Å²) in [6, 6.07) is 114. The lowest BCUT2D eigenvalue weighted by Crippen LogP contribution is -2.10. The van der Waals surface area contributed by atoms with E-state index in [-0.39, 0.29) is 0 Å². The maximum Gasteiger partial charge on any atom is 0.0626 e. The molecule has 2 heterocycles. The number of para-hydroxylation sites is 2. The number of nitrogens with zero attached hydrogens (tertiary/aromatic N) is 3. The Labute approximate surface area is 495 Å². The Morgan fingerprint density at radius 3 is 0.905 bits per heavy atom. The van der Waals surface area contributed by atoms with Crippen LogP contribution >= 0.6 is 0 Å². The summed E-state index contributed by atoms with van der Waals surface area (Å²) < 4.78 is 5.03. The zero-order chi connectivity index (χ0) is 57.4. The van der Waals surface area contributed by atoms with Crippen LogP contribution in [-0.2, 0) is 0 Å². The lowest BCUT2D eigenvalue weighted by molar-refractivity contribution is 1.12. The number of hydrogen-bond acceptors (Lipinski definition) is 1. The third kappa shape index (κ3) is 10.8. The highest BCUT2D eigenvalue weighted by Crippen LogP contribution is 2.55. The molecule has 406 valence electrons. The van der Waals surface area contributed by atoms with E-state index in [1.807, 2.05) is 50.2 Å². The van der Waals surface area contributed by atoms with Crippen LogP contribution in [0.3, 0.4) is 0 Å². The molecule has 2 aromatic heterocycles. The monoisotopic (exact) mass is 1080 g/mol. The first kappa shape index (κ1) is 54.1. The maximum absolute atomic E-state index is 2.52. The lowest BCUT2D eigenvalue weighted by atomic mass is 9.84. The molecule has 3 nitrogen and oxygen atoms in total. The molecule has 0 saturated carbocycles. The molecule has 0 fully saturated rings. The number of hydrogen-bond donors (Lipinski definition) is 0. The molecule has 1 aliphatic carbocycles. The van der Waals surface area contributed by atoms with Crippen molar-refractivity contribution in [2.75, 3.05) is 4.90 Å². The standard InChI is InChI=1S/C65H45N3.2C7H8.C2H6/c1-44-30-34-52(35-31-44)67-60-40-32-47(45-18-6-2-7-19-45)42-58(60)62-54-26-14-15-27-55(54)63-59-43-48(46-20-8-3-9-21-46)33-41-61(59)68(65(63)57-29-17-16-28-56(57)64(62)67)53-38-36-51(37-39-53)66(49-22-10-4-11-23-49)50-24-12-5-13-25-50;2*1-7-5-3-2-4-6-7;1-2/h2-43H,1H3;2*2-6H,1H3;1-2H3. The van der Waals surface area contributed by atoms with Gasteiger partial charge in [-0.1, -0.05) is 261 Å². The van der Waals surface area contributed by atoms with Crippen molar-refractivity contribution in [3.8, 4) is 78.4 Å². The Bertz CT molecular complexity index is 4390. The van der Waals surface area contributed by atoms with Crippen molar-refractivity contribution in [2.24, 2.45) is 0 Å². The molecule has 15 rings (SSSR count). The second-order valence-corrected chi connectivity index (χ2v) is 21.1. The summed E-state index contributed by atoms with van der Waals surface area (Å²) in [4.78, 5) is 2.33. The second-order valence-electron chi connectivity index (χ2n) is 21.1. The number of rotatable bonds is 7. The van der Waals surface area contributed by atoms with Crippen LogP contribution < -0.4 is 4.90 Å². The number of aryl methyl sites for hydroxylation is 3. The van der Waals surface area contributed by atoms with E-state index in [9.17, 15) is 0 Å². The molecule has 0 unspecified atom stereocenters. The van der Waals surface area contributed by atoms with Crippen molar-refractivity contribution in [3.05, 3.63) is 332 Å². The van der Waals surface area contributed by atoms with Gasteiger partial charge < -0.3 is 14.0 Å². The summed E-state index contributed by atoms with van der Waals surface area (Å²) in [5.41, 5.74) is 26.1. The van der Waals surface area contributed by atoms with Crippen LogP contribution in [0.25, 0.3) is 100 Å². The summed E-state index contributed by atoms with van der Waals surface area (Å²) in [5, 5.41) is 2.43. The number of anilines is 3. The molecule has 0 spiro atoms. The van der Waals surface area contributed by atoms with Crippen LogP contribution in [-0.4, -0.2) is 9.13 Å². The Morgan fingerprint density at radius 1 is 0.250 bits per heavy atom. The van der Waals surface area contributed by atoms with Gasteiger partial charge in [0.15, 0.2) is 0 Å². The molecule has 14 aromatic rings. The van der Waals surface area contributed by atoms with Crippen molar-refractivity contribution in [2.45, 2.75) is 34.6 Å². The van der Waals surface area contributed by atoms with E-state index in [1.165, 1.54) is 100 Å². The van der Waals surface area contributed by atoms with Crippen molar-refractivity contribution in [1.82, 2.24) is 9.13 Å². The summed E-state index contributed by atoms with van der Waals surface area (Å²) in [6.07, 6.45) is 0. The topological polar surface area (TPSA) is 13.1 Å². The zero-order valence-electron chi connectivity index (χ0n) is 48.4. The largest absolute Gasteiger partial charge is 0.311 e. The van der Waals surface area contributed by atoms with E-state index in [4.69, 9.17) is 0 Å². The highest BCUT2D eigenvalue weighted by molar-refractivity contribution is 6.18. The van der Waals surface area contributed by atoms with Gasteiger partial charge in [0, 0.05) is 61.5 Å². The molecule has 84 heavy (non-hydrogen) atoms. The number of fused-ring (bicyclic) bond motifs is 12. The molecule has 1 aliphatic rings. The Balaban J connectivity index is 0.000000380. The van der Waals surface area contributed by atoms with Gasteiger partial charge in [0.2, 0.25) is 0 Å². The summed E-state index contributed by atoms with van der Waals surface area (Å²) in [6.45, 7) is 10.3. The van der Waals surface area contributed by atoms with Crippen LogP contribution in [0.4, 0.5) is 17.1 Å². The molecule has 0 saturated heterocycles. The molecule has 3 heteroatoms. The van der Waals surface area contributed by atoms with E-state index in [2.05, 4.69) is 314 Å². The average molecular weight is 1080 g/mol. The minimum atomic E-state index is 1.09. The van der Waals surface area contributed by atoms with Crippen LogP contribution in [0.15, 0.2) is 315 Å². The molecule has 12 aromatic carbocycles. The van der Waals surface area contributed by atoms with Gasteiger partial charge in [-0.3, -0.25) is 0 Å². The van der Waals surface area contributed by atoms with Crippen molar-refractivity contribution in [1.29, 1.82) is 0 Å². The normalized spacial score (nSPS) is 10.9. The van der Waals surface area contributed by atoms with Gasteiger partial charge in [-0.2, -0.15) is 0 Å². The molecule has 0 N–H and O–H groups in total. The first-order valence-electron chi connectivity index (χ1n) is 29.3. The predicted molar refractivity (Wildman–Crippen MR) is 359 cm³/mol. The fourth-order valence-corrected chi connectivity index (χ4v) is 11.7. The van der Waals surface area contributed by atoms with Gasteiger partial charge in [0.05, 0.1) is 22.4 Å². The Kier molecular flexibility index (Phi) is 15.9. The van der Waals surface area contributed by atoms with E-state index >= 15 is 0 Å². The van der Waals surface area contributed by atoms with Crippen LogP contribution in [0, 0.1) is 20.8 Å². The SMILES string of the molecule is CC.Cc1ccc(-n2c3c(c4cc(-c5ccccc5)ccc42)-c2ccccc2-c2c(n(-c4ccc(N(c5ccccc5)c5ccccc5)cc4)c4ccc(-c5ccccc5)cc24)-c2ccccc2-3)cc1.Cc1ccccc1.Cc1ccccc1. The van der Waals surface area contributed by atoms with E-state index in [0.717, 1.165) is 34.0 Å². The zero-order valence-corrected chi connectivity index (χ0v) is 48.4. The summed E-state index contributed by atoms with van der Waals surface area (Å²) in [7, 11) is 0. The molecular weight excluding hydrogens is 1010 g/mol. The third-order valence-electron chi connectivity index (χ3n) is 15.6. The first-order chi connectivity index (χ1) is 41.5. The van der Waals surface area contributed by atoms with Crippen LogP contribution in [0.5, 0.6) is 0 Å². The highest BCUT2D eigenvalue weighted by atomic mass is 15.1. The molecule has 0 aliphatic heterocycles. The van der Waals surface area contributed by atoms with Crippen LogP contribution in [0.2, 0.25) is 0 Å². The molecule has 0 radical (unpaired) electrons. The van der Waals surface area contributed by atoms with Gasteiger partial charge in [-0.15, -0.1) is 0 Å². The Morgan fingerprint density at radius 2 is 0.548 bits per heavy atom. The minimum absolute atomic E-state index is 1.09. The van der Waals surface area contributed by atoms with Gasteiger partial charge in [0.1, 0.15) is 0 Å². The average Bonchev–Trinajstić information content (AvgIpc) is 1.84. The fourth-order valence-electron chi connectivity index (χ4n) is 11.7. The van der Waals surface area contributed by atoms with Crippen molar-refractivity contribution >= 4 is 38.9 Å². The number of benzene rings is 12. The Hall–Kier alpha value is -10.5. The maximum atomic E-state index is 2.52. The summed E-state index contributed by atoms with van der Waals surface area (Å²) >= 11 is 0. The number of aromatic nitrogens is 2. The van der Waals surface area contributed by atoms with Crippen LogP contribution in [0.1, 0.15) is 30.5 Å². The predicted octanol–water partition coefficient (Wildman–Crippen LogP) is 22.7. The molecular formula is C81H67N3. The lowest BCUT2D eigenvalue weighted by Gasteiger charge is -2.26. The van der Waals surface area contributed by atoms with Gasteiger partial charge >= 0.3 is 0 Å². The highest BCUT2D eigenvalue weighted by Gasteiger charge is 2.32. The smallest absolute Gasteiger partial charge is 0.0626 e. The van der Waals surface area contributed by atoms with E-state index in [1.54, 1.807) is 0 Å². The van der Waals surface area contributed by atoms with E-state index in [0.29, 0.717) is 0 Å². The first-order valence-corrected chi connectivity index (χ1v) is 29.3. The molecule has 0 bridgehead atoms. The van der Waals surface area contributed by atoms with Gasteiger partial charge in [-0.05, 0) is 139 Å². The van der Waals surface area contributed by atoms with Crippen molar-refractivity contribution < 1.29 is 0 Å². The fraction of sp³-hybridized carbons (Fsp3) is 0.0617. The van der Waals surface area contributed by atoms with E-state index < -0.39 is 0 Å². The second kappa shape index (κ2) is 24.7. The molecule has 0 atom stereocenters. The van der Waals surface area contributed by atoms with Gasteiger partial charge in [-0.25, -0.2) is 0 Å². The third-order valence-corrected chi connectivity index (χ3v) is 15.6. The van der Waals surface area contributed by atoms with Gasteiger partial charge in [0.25, 0.3) is 0 Å². The summed E-state index contributed by atoms with van der Waals surface area (Å²) in [5.74, 6) is 0. The van der Waals surface area contributed by atoms with Crippen molar-refractivity contribution in [3.63, 3.8) is 0 Å². The minimum Gasteiger partial charge on any atom is -0.311 e. The molecule has 0 amide bonds. The quantitative estimate of drug-likeness (QED) is 0.155.